The maximum atomic E-state index is 13.0. The highest BCUT2D eigenvalue weighted by atomic mass is 16.7. The number of allylic oxidation sites excluding steroid dienone is 6. The van der Waals surface area contributed by atoms with Crippen LogP contribution in [0.3, 0.4) is 0 Å². The minimum atomic E-state index is -1.51. The van der Waals surface area contributed by atoms with E-state index in [1.54, 1.807) is 0 Å². The Labute approximate surface area is 566 Å². The van der Waals surface area contributed by atoms with E-state index in [0.29, 0.717) is 17.4 Å². The number of quaternary nitrogens is 1. The molecule has 91 heavy (non-hydrogen) atoms. The maximum Gasteiger partial charge on any atom is 0.361 e. The van der Waals surface area contributed by atoms with Crippen LogP contribution in [0.1, 0.15) is 412 Å². The van der Waals surface area contributed by atoms with Gasteiger partial charge in [-0.1, -0.05) is 365 Å². The summed E-state index contributed by atoms with van der Waals surface area (Å²) < 4.78 is 23.1. The van der Waals surface area contributed by atoms with Gasteiger partial charge in [-0.25, -0.2) is 4.79 Å². The third-order valence-corrected chi connectivity index (χ3v) is 18.4. The first kappa shape index (κ1) is 88.5. The monoisotopic (exact) mass is 1280 g/mol. The third kappa shape index (κ3) is 74.8. The number of carbonyl (C=O) groups excluding carboxylic acids is 2. The molecular formula is C82H156NO8+. The molecule has 0 saturated heterocycles. The van der Waals surface area contributed by atoms with E-state index in [9.17, 15) is 19.5 Å². The summed E-state index contributed by atoms with van der Waals surface area (Å²) in [4.78, 5) is 37.7. The molecule has 0 amide bonds. The van der Waals surface area contributed by atoms with Gasteiger partial charge < -0.3 is 28.5 Å². The molecule has 0 aliphatic rings. The number of carboxylic acid groups (broad SMARTS) is 1. The van der Waals surface area contributed by atoms with Crippen LogP contribution in [0.4, 0.5) is 0 Å². The van der Waals surface area contributed by atoms with Crippen molar-refractivity contribution < 1.29 is 42.9 Å². The zero-order chi connectivity index (χ0) is 66.1. The van der Waals surface area contributed by atoms with E-state index in [1.165, 1.54) is 340 Å². The number of carboxylic acids is 1. The van der Waals surface area contributed by atoms with Crippen LogP contribution in [0.15, 0.2) is 36.5 Å². The minimum Gasteiger partial charge on any atom is -0.477 e. The van der Waals surface area contributed by atoms with Gasteiger partial charge in [0.2, 0.25) is 0 Å². The fourth-order valence-corrected chi connectivity index (χ4v) is 12.2. The van der Waals surface area contributed by atoms with E-state index in [2.05, 4.69) is 50.3 Å². The summed E-state index contributed by atoms with van der Waals surface area (Å²) in [7, 11) is 6.00. The van der Waals surface area contributed by atoms with Crippen LogP contribution < -0.4 is 0 Å². The van der Waals surface area contributed by atoms with Crippen molar-refractivity contribution in [2.45, 2.75) is 424 Å². The molecule has 0 aromatic carbocycles. The molecule has 0 bridgehead atoms. The molecule has 0 fully saturated rings. The van der Waals surface area contributed by atoms with E-state index in [0.717, 1.165) is 44.9 Å². The summed E-state index contributed by atoms with van der Waals surface area (Å²) in [5.41, 5.74) is 0. The molecule has 0 spiro atoms. The molecule has 0 aromatic rings. The maximum absolute atomic E-state index is 13.0. The summed E-state index contributed by atoms with van der Waals surface area (Å²) in [6.07, 6.45) is 91.6. The molecule has 0 heterocycles. The second-order valence-electron chi connectivity index (χ2n) is 28.7. The molecule has 0 aliphatic heterocycles. The van der Waals surface area contributed by atoms with E-state index < -0.39 is 18.4 Å². The standard InChI is InChI=1S/C82H155NO8/c1-6-8-10-12-14-16-18-20-22-24-26-28-30-32-34-36-38-39-40-41-43-44-46-48-50-52-54-56-58-60-62-64-66-68-70-72-79(84)89-76-78(77-90-82(81(86)87)88-75-74-83(3,4)5)91-80(85)73-71-69-67-65-63-61-59-57-55-53-51-49-47-45-42-37-35-33-31-29-27-25-23-21-19-17-15-13-11-9-7-2/h19,21,24-27,78,82H,6-18,20,22-23,28-77H2,1-5H3/p+1/b21-19-,26-24-,27-25-. The van der Waals surface area contributed by atoms with Gasteiger partial charge in [0.1, 0.15) is 13.2 Å². The zero-order valence-electron chi connectivity index (χ0n) is 61.5. The van der Waals surface area contributed by atoms with E-state index >= 15 is 0 Å². The average Bonchev–Trinajstić information content (AvgIpc) is 3.65. The van der Waals surface area contributed by atoms with Gasteiger partial charge in [-0.2, -0.15) is 0 Å². The highest BCUT2D eigenvalue weighted by Gasteiger charge is 2.25. The van der Waals surface area contributed by atoms with Crippen molar-refractivity contribution in [1.29, 1.82) is 0 Å². The molecule has 1 N–H and O–H groups in total. The Kier molecular flexibility index (Phi) is 71.3. The lowest BCUT2D eigenvalue weighted by molar-refractivity contribution is -0.870. The number of likely N-dealkylation sites (N-methyl/N-ethyl adjacent to an activating group) is 1. The Bertz CT molecular complexity index is 1590. The average molecular weight is 1280 g/mol. The minimum absolute atomic E-state index is 0.175. The Hall–Kier alpha value is -2.49. The van der Waals surface area contributed by atoms with Crippen molar-refractivity contribution >= 4 is 17.9 Å². The van der Waals surface area contributed by atoms with Crippen molar-refractivity contribution in [1.82, 2.24) is 0 Å². The van der Waals surface area contributed by atoms with Gasteiger partial charge in [0.25, 0.3) is 6.29 Å². The molecule has 0 rings (SSSR count). The molecule has 2 unspecified atom stereocenters. The summed E-state index contributed by atoms with van der Waals surface area (Å²) in [5, 5.41) is 9.77. The highest BCUT2D eigenvalue weighted by molar-refractivity contribution is 5.71. The lowest BCUT2D eigenvalue weighted by Gasteiger charge is -2.25. The van der Waals surface area contributed by atoms with Crippen LogP contribution in [-0.4, -0.2) is 87.4 Å². The van der Waals surface area contributed by atoms with Gasteiger partial charge in [-0.05, 0) is 70.6 Å². The van der Waals surface area contributed by atoms with Crippen molar-refractivity contribution in [2.75, 3.05) is 47.5 Å². The second-order valence-corrected chi connectivity index (χ2v) is 28.7. The lowest BCUT2D eigenvalue weighted by atomic mass is 10.0. The van der Waals surface area contributed by atoms with Crippen LogP contribution in [0.2, 0.25) is 0 Å². The van der Waals surface area contributed by atoms with Gasteiger partial charge in [-0.15, -0.1) is 0 Å². The number of hydrogen-bond donors (Lipinski definition) is 1. The normalized spacial score (nSPS) is 12.8. The highest BCUT2D eigenvalue weighted by Crippen LogP contribution is 2.20. The van der Waals surface area contributed by atoms with Gasteiger partial charge in [-0.3, -0.25) is 9.59 Å². The second kappa shape index (κ2) is 73.3. The first-order valence-electron chi connectivity index (χ1n) is 40.2. The van der Waals surface area contributed by atoms with Gasteiger partial charge >= 0.3 is 17.9 Å². The number of ether oxygens (including phenoxy) is 4. The van der Waals surface area contributed by atoms with Crippen LogP contribution in [0, 0.1) is 0 Å². The number of aliphatic carboxylic acids is 1. The SMILES string of the molecule is CCCCCCC/C=C\C/C=C\CCCCCCCCCCCCCCCCCCCCCC(=O)OC(COC(=O)CCCCCCCCCCCCCCCCCCCCCCCCC/C=C\CCCCCCCCCC)COC(OCC[N+](C)(C)C)C(=O)O. The predicted molar refractivity (Wildman–Crippen MR) is 392 cm³/mol. The van der Waals surface area contributed by atoms with E-state index in [4.69, 9.17) is 18.9 Å². The van der Waals surface area contributed by atoms with Crippen LogP contribution >= 0.6 is 0 Å². The Morgan fingerprint density at radius 3 is 0.879 bits per heavy atom. The van der Waals surface area contributed by atoms with Crippen molar-refractivity contribution in [3.05, 3.63) is 36.5 Å². The molecule has 9 heteroatoms. The summed E-state index contributed by atoms with van der Waals surface area (Å²) in [6, 6.07) is 0. The molecule has 0 radical (unpaired) electrons. The Morgan fingerprint density at radius 1 is 0.330 bits per heavy atom. The van der Waals surface area contributed by atoms with Gasteiger partial charge in [0.15, 0.2) is 6.10 Å². The molecule has 9 nitrogen and oxygen atoms in total. The number of esters is 2. The molecule has 0 aliphatic carbocycles. The topological polar surface area (TPSA) is 108 Å². The Morgan fingerprint density at radius 2 is 0.593 bits per heavy atom. The van der Waals surface area contributed by atoms with Crippen molar-refractivity contribution in [3.63, 3.8) is 0 Å². The van der Waals surface area contributed by atoms with Gasteiger partial charge in [0.05, 0.1) is 34.4 Å². The van der Waals surface area contributed by atoms with Crippen molar-refractivity contribution in [2.24, 2.45) is 0 Å². The molecule has 2 atom stereocenters. The fourth-order valence-electron chi connectivity index (χ4n) is 12.2. The fraction of sp³-hybridized carbons (Fsp3) is 0.890. The summed E-state index contributed by atoms with van der Waals surface area (Å²) >= 11 is 0. The molecular weight excluding hydrogens is 1130 g/mol. The zero-order valence-corrected chi connectivity index (χ0v) is 61.5. The quantitative estimate of drug-likeness (QED) is 0.0211. The number of rotatable bonds is 76. The Balaban J connectivity index is 3.97. The first-order valence-corrected chi connectivity index (χ1v) is 40.2. The van der Waals surface area contributed by atoms with Crippen LogP contribution in [0.5, 0.6) is 0 Å². The molecule has 0 saturated carbocycles. The molecule has 536 valence electrons. The van der Waals surface area contributed by atoms with E-state index in [1.807, 2.05) is 21.1 Å². The number of unbranched alkanes of at least 4 members (excludes halogenated alkanes) is 55. The largest absolute Gasteiger partial charge is 0.477 e. The lowest BCUT2D eigenvalue weighted by Crippen LogP contribution is -2.40. The predicted octanol–water partition coefficient (Wildman–Crippen LogP) is 25.5. The van der Waals surface area contributed by atoms with Crippen LogP contribution in [-0.2, 0) is 33.3 Å². The molecule has 0 aromatic heterocycles. The number of hydrogen-bond acceptors (Lipinski definition) is 7. The number of nitrogens with zero attached hydrogens (tertiary/aromatic N) is 1. The van der Waals surface area contributed by atoms with Crippen molar-refractivity contribution in [3.8, 4) is 0 Å². The third-order valence-electron chi connectivity index (χ3n) is 18.4. The summed E-state index contributed by atoms with van der Waals surface area (Å²) in [5.74, 6) is -1.97. The first-order chi connectivity index (χ1) is 44.6. The number of carbonyl (C=O) groups is 3. The van der Waals surface area contributed by atoms with Gasteiger partial charge in [0, 0.05) is 12.8 Å². The smallest absolute Gasteiger partial charge is 0.361 e. The van der Waals surface area contributed by atoms with E-state index in [-0.39, 0.29) is 38.2 Å². The van der Waals surface area contributed by atoms with Crippen LogP contribution in [0.25, 0.3) is 0 Å². The summed E-state index contributed by atoms with van der Waals surface area (Å²) in [6.45, 7) is 4.95.